The van der Waals surface area contributed by atoms with Crippen LogP contribution in [0.5, 0.6) is 5.75 Å². The van der Waals surface area contributed by atoms with Crippen molar-refractivity contribution in [1.82, 2.24) is 9.80 Å². The van der Waals surface area contributed by atoms with E-state index in [0.717, 1.165) is 11.3 Å². The van der Waals surface area contributed by atoms with Crippen molar-refractivity contribution in [1.29, 1.82) is 0 Å². The summed E-state index contributed by atoms with van der Waals surface area (Å²) in [6.45, 7) is 4.28. The number of rotatable bonds is 7. The highest BCUT2D eigenvalue weighted by atomic mass is 16.6. The first-order valence-electron chi connectivity index (χ1n) is 8.80. The fourth-order valence-electron chi connectivity index (χ4n) is 2.80. The molecular weight excluding hydrogens is 338 g/mol. The van der Waals surface area contributed by atoms with E-state index in [1.807, 2.05) is 18.2 Å². The highest BCUT2D eigenvalue weighted by Gasteiger charge is 2.24. The maximum atomic E-state index is 12.4. The predicted molar refractivity (Wildman–Crippen MR) is 97.4 cm³/mol. The van der Waals surface area contributed by atoms with Crippen molar-refractivity contribution in [3.8, 4) is 5.75 Å². The highest BCUT2D eigenvalue weighted by molar-refractivity contribution is 5.82. The monoisotopic (exact) mass is 365 g/mol. The van der Waals surface area contributed by atoms with Crippen molar-refractivity contribution in [3.63, 3.8) is 0 Å². The van der Waals surface area contributed by atoms with Crippen LogP contribution in [0.15, 0.2) is 18.2 Å². The highest BCUT2D eigenvalue weighted by Crippen LogP contribution is 2.25. The second-order valence-corrected chi connectivity index (χ2v) is 5.93. The average molecular weight is 365 g/mol. The fourth-order valence-corrected chi connectivity index (χ4v) is 2.80. The molecule has 1 aliphatic heterocycles. The Morgan fingerprint density at radius 1 is 1.19 bits per heavy atom. The summed E-state index contributed by atoms with van der Waals surface area (Å²) in [6.07, 6.45) is 0.228. The van der Waals surface area contributed by atoms with Crippen LogP contribution >= 0.6 is 0 Å². The van der Waals surface area contributed by atoms with Gasteiger partial charge in [-0.3, -0.25) is 4.79 Å². The minimum Gasteiger partial charge on any atom is -0.495 e. The Kier molecular flexibility index (Phi) is 7.53. The number of aliphatic hydroxyl groups excluding tert-OH is 1. The lowest BCUT2D eigenvalue weighted by atomic mass is 10.1. The van der Waals surface area contributed by atoms with Gasteiger partial charge in [0.1, 0.15) is 5.75 Å². The van der Waals surface area contributed by atoms with Crippen molar-refractivity contribution < 1.29 is 24.2 Å². The van der Waals surface area contributed by atoms with Crippen LogP contribution in [0.25, 0.3) is 0 Å². The van der Waals surface area contributed by atoms with Crippen molar-refractivity contribution in [2.45, 2.75) is 13.3 Å². The smallest absolute Gasteiger partial charge is 0.409 e. The standard InChI is InChI=1S/C18H27N3O5/c1-3-26-18(24)21-9-7-20(8-10-21)17(23)13-19-15-5-4-14(6-11-22)12-16(15)25-2/h4-5,12,19,22H,3,6-11,13H2,1-2H3. The predicted octanol–water partition coefficient (Wildman–Crippen LogP) is 0.943. The van der Waals surface area contributed by atoms with Crippen molar-refractivity contribution in [2.24, 2.45) is 0 Å². The zero-order valence-electron chi connectivity index (χ0n) is 15.4. The Morgan fingerprint density at radius 2 is 1.88 bits per heavy atom. The largest absolute Gasteiger partial charge is 0.495 e. The van der Waals surface area contributed by atoms with E-state index < -0.39 is 0 Å². The third-order valence-corrected chi connectivity index (χ3v) is 4.25. The molecule has 1 aromatic rings. The summed E-state index contributed by atoms with van der Waals surface area (Å²) in [5, 5.41) is 12.1. The number of hydrogen-bond donors (Lipinski definition) is 2. The van der Waals surface area contributed by atoms with E-state index >= 15 is 0 Å². The number of nitrogens with zero attached hydrogens (tertiary/aromatic N) is 2. The van der Waals surface area contributed by atoms with Crippen LogP contribution in [-0.4, -0.2) is 80.0 Å². The van der Waals surface area contributed by atoms with Gasteiger partial charge in [0.2, 0.25) is 5.91 Å². The zero-order chi connectivity index (χ0) is 18.9. The fraction of sp³-hybridized carbons (Fsp3) is 0.556. The van der Waals surface area contributed by atoms with Crippen LogP contribution in [0.4, 0.5) is 10.5 Å². The zero-order valence-corrected chi connectivity index (χ0v) is 15.4. The molecule has 0 atom stereocenters. The van der Waals surface area contributed by atoms with Gasteiger partial charge >= 0.3 is 6.09 Å². The van der Waals surface area contributed by atoms with Gasteiger partial charge in [0.25, 0.3) is 0 Å². The molecule has 1 saturated heterocycles. The molecule has 2 N–H and O–H groups in total. The molecule has 1 aliphatic rings. The average Bonchev–Trinajstić information content (AvgIpc) is 2.67. The number of nitrogens with one attached hydrogen (secondary N) is 1. The van der Waals surface area contributed by atoms with Gasteiger partial charge in [-0.05, 0) is 31.0 Å². The number of carbonyl (C=O) groups excluding carboxylic acids is 2. The molecule has 0 radical (unpaired) electrons. The maximum absolute atomic E-state index is 12.4. The normalized spacial score (nSPS) is 14.1. The third kappa shape index (κ3) is 5.26. The minimum atomic E-state index is -0.328. The maximum Gasteiger partial charge on any atom is 0.409 e. The molecule has 2 rings (SSSR count). The molecule has 144 valence electrons. The molecule has 0 bridgehead atoms. The van der Waals surface area contributed by atoms with E-state index in [2.05, 4.69) is 5.32 Å². The molecule has 0 aromatic heterocycles. The molecule has 1 aromatic carbocycles. The lowest BCUT2D eigenvalue weighted by Gasteiger charge is -2.34. The van der Waals surface area contributed by atoms with Crippen molar-refractivity contribution in [3.05, 3.63) is 23.8 Å². The van der Waals surface area contributed by atoms with Gasteiger partial charge in [0, 0.05) is 32.8 Å². The van der Waals surface area contributed by atoms with Gasteiger partial charge in [-0.25, -0.2) is 4.79 Å². The van der Waals surface area contributed by atoms with Crippen LogP contribution < -0.4 is 10.1 Å². The molecule has 0 unspecified atom stereocenters. The van der Waals surface area contributed by atoms with Crippen LogP contribution in [-0.2, 0) is 16.0 Å². The van der Waals surface area contributed by atoms with Crippen LogP contribution in [0, 0.1) is 0 Å². The molecular formula is C18H27N3O5. The number of ether oxygens (including phenoxy) is 2. The molecule has 0 saturated carbocycles. The van der Waals surface area contributed by atoms with E-state index in [9.17, 15) is 9.59 Å². The molecule has 26 heavy (non-hydrogen) atoms. The number of carbonyl (C=O) groups is 2. The molecule has 0 aliphatic carbocycles. The Balaban J connectivity index is 1.85. The number of aliphatic hydroxyl groups is 1. The van der Waals surface area contributed by atoms with E-state index in [0.29, 0.717) is 45.0 Å². The summed E-state index contributed by atoms with van der Waals surface area (Å²) in [4.78, 5) is 27.4. The lowest BCUT2D eigenvalue weighted by molar-refractivity contribution is -0.130. The first-order chi connectivity index (χ1) is 12.6. The SMILES string of the molecule is CCOC(=O)N1CCN(C(=O)CNc2ccc(CCO)cc2OC)CC1. The number of benzene rings is 1. The molecule has 8 heteroatoms. The number of amides is 2. The second kappa shape index (κ2) is 9.86. The Bertz CT molecular complexity index is 615. The van der Waals surface area contributed by atoms with E-state index in [1.165, 1.54) is 0 Å². The summed E-state index contributed by atoms with van der Waals surface area (Å²) in [5.41, 5.74) is 1.70. The third-order valence-electron chi connectivity index (χ3n) is 4.25. The number of hydrogen-bond acceptors (Lipinski definition) is 6. The van der Waals surface area contributed by atoms with E-state index in [4.69, 9.17) is 14.6 Å². The molecule has 1 heterocycles. The van der Waals surface area contributed by atoms with Gasteiger partial charge in [0.15, 0.2) is 0 Å². The van der Waals surface area contributed by atoms with Crippen LogP contribution in [0.1, 0.15) is 12.5 Å². The summed E-state index contributed by atoms with van der Waals surface area (Å²) in [5.74, 6) is 0.603. The second-order valence-electron chi connectivity index (χ2n) is 5.93. The quantitative estimate of drug-likeness (QED) is 0.747. The number of anilines is 1. The van der Waals surface area contributed by atoms with Crippen LogP contribution in [0.2, 0.25) is 0 Å². The molecule has 1 fully saturated rings. The summed E-state index contributed by atoms with van der Waals surface area (Å²) < 4.78 is 10.3. The summed E-state index contributed by atoms with van der Waals surface area (Å²) in [6, 6.07) is 5.58. The van der Waals surface area contributed by atoms with E-state index in [-0.39, 0.29) is 25.2 Å². The minimum absolute atomic E-state index is 0.0324. The Labute approximate surface area is 153 Å². The number of methoxy groups -OCH3 is 1. The van der Waals surface area contributed by atoms with Crippen LogP contribution in [0.3, 0.4) is 0 Å². The Hall–Kier alpha value is -2.48. The molecule has 0 spiro atoms. The van der Waals surface area contributed by atoms with Gasteiger partial charge in [0.05, 0.1) is 25.9 Å². The topological polar surface area (TPSA) is 91.3 Å². The van der Waals surface area contributed by atoms with Crippen molar-refractivity contribution in [2.75, 3.05) is 58.4 Å². The summed E-state index contributed by atoms with van der Waals surface area (Å²) in [7, 11) is 1.57. The first-order valence-corrected chi connectivity index (χ1v) is 8.80. The number of piperazine rings is 1. The van der Waals surface area contributed by atoms with Crippen molar-refractivity contribution >= 4 is 17.7 Å². The molecule has 2 amide bonds. The first kappa shape index (κ1) is 19.8. The van der Waals surface area contributed by atoms with Gasteiger partial charge in [-0.2, -0.15) is 0 Å². The van der Waals surface area contributed by atoms with Gasteiger partial charge in [-0.15, -0.1) is 0 Å². The van der Waals surface area contributed by atoms with Gasteiger partial charge in [-0.1, -0.05) is 6.07 Å². The summed E-state index contributed by atoms with van der Waals surface area (Å²) >= 11 is 0. The van der Waals surface area contributed by atoms with E-state index in [1.54, 1.807) is 23.8 Å². The van der Waals surface area contributed by atoms with Gasteiger partial charge < -0.3 is 29.7 Å². The lowest BCUT2D eigenvalue weighted by Crippen LogP contribution is -2.51. The molecule has 8 nitrogen and oxygen atoms in total. The Morgan fingerprint density at radius 3 is 2.50 bits per heavy atom.